The average Bonchev–Trinajstić information content (AvgIpc) is 2.01. The molecule has 0 aromatic carbocycles. The Labute approximate surface area is 74.1 Å². The smallest absolute Gasteiger partial charge is 0.237 e. The Morgan fingerprint density at radius 3 is 2.73 bits per heavy atom. The second kappa shape index (κ2) is 7.08. The van der Waals surface area contributed by atoms with Gasteiger partial charge in [-0.2, -0.15) is 0 Å². The van der Waals surface area contributed by atoms with E-state index in [9.17, 15) is 4.89 Å². The quantitative estimate of drug-likeness (QED) is 0.629. The van der Waals surface area contributed by atoms with E-state index < -0.39 is 7.14 Å². The largest absolute Gasteiger partial charge is 0.601 e. The van der Waals surface area contributed by atoms with Crippen LogP contribution < -0.4 is 4.89 Å². The third-order valence-electron chi connectivity index (χ3n) is 1.45. The van der Waals surface area contributed by atoms with E-state index in [1.165, 1.54) is 24.2 Å². The second-order valence-electron chi connectivity index (χ2n) is 2.64. The van der Waals surface area contributed by atoms with Gasteiger partial charge in [-0.1, -0.05) is 25.0 Å². The fourth-order valence-electron chi connectivity index (χ4n) is 0.848. The molecule has 4 heteroatoms. The van der Waals surface area contributed by atoms with Crippen molar-refractivity contribution >= 4 is 18.5 Å². The first kappa shape index (κ1) is 11.4. The summed E-state index contributed by atoms with van der Waals surface area (Å²) in [5, 5.41) is 0. The van der Waals surface area contributed by atoms with Crippen LogP contribution in [0.3, 0.4) is 0 Å². The van der Waals surface area contributed by atoms with Gasteiger partial charge in [-0.05, 0) is 12.3 Å². The second-order valence-corrected chi connectivity index (χ2v) is 5.79. The molecular formula is C7H16NOPS. The van der Waals surface area contributed by atoms with Crippen molar-refractivity contribution < 1.29 is 4.89 Å². The molecule has 0 aromatic heterocycles. The van der Waals surface area contributed by atoms with Crippen molar-refractivity contribution in [1.82, 2.24) is 0 Å². The van der Waals surface area contributed by atoms with Crippen molar-refractivity contribution in [2.24, 2.45) is 10.7 Å². The lowest BCUT2D eigenvalue weighted by Crippen LogP contribution is -1.98. The first-order chi connectivity index (χ1) is 5.20. The third kappa shape index (κ3) is 6.79. The molecule has 2 unspecified atom stereocenters. The SMILES string of the molecule is CCCC(C)CN=[P+]([O-])SC. The van der Waals surface area contributed by atoms with Crippen molar-refractivity contribution in [3.63, 3.8) is 0 Å². The molecule has 0 radical (unpaired) electrons. The van der Waals surface area contributed by atoms with Gasteiger partial charge in [0.2, 0.25) is 7.14 Å². The van der Waals surface area contributed by atoms with Gasteiger partial charge < -0.3 is 4.89 Å². The molecule has 0 aliphatic heterocycles. The summed E-state index contributed by atoms with van der Waals surface area (Å²) >= 11 is 1.33. The Balaban J connectivity index is 3.50. The summed E-state index contributed by atoms with van der Waals surface area (Å²) in [5.41, 5.74) is 0. The molecule has 2 atom stereocenters. The summed E-state index contributed by atoms with van der Waals surface area (Å²) in [6.07, 6.45) is 4.19. The first-order valence-electron chi connectivity index (χ1n) is 3.89. The molecule has 0 aliphatic rings. The van der Waals surface area contributed by atoms with Gasteiger partial charge in [0.15, 0.2) is 0 Å². The van der Waals surface area contributed by atoms with Gasteiger partial charge >= 0.3 is 0 Å². The van der Waals surface area contributed by atoms with Gasteiger partial charge in [-0.3, -0.25) is 0 Å². The maximum Gasteiger partial charge on any atom is 0.237 e. The Bertz CT molecular complexity index is 130. The van der Waals surface area contributed by atoms with E-state index in [4.69, 9.17) is 0 Å². The van der Waals surface area contributed by atoms with Crippen molar-refractivity contribution in [3.8, 4) is 0 Å². The Morgan fingerprint density at radius 2 is 2.27 bits per heavy atom. The molecule has 66 valence electrons. The predicted octanol–water partition coefficient (Wildman–Crippen LogP) is 2.64. The van der Waals surface area contributed by atoms with Gasteiger partial charge in [0.25, 0.3) is 0 Å². The van der Waals surface area contributed by atoms with Gasteiger partial charge in [-0.25, -0.2) is 0 Å². The number of nitrogens with zero attached hydrogens (tertiary/aromatic N) is 1. The van der Waals surface area contributed by atoms with E-state index in [0.717, 1.165) is 6.54 Å². The van der Waals surface area contributed by atoms with Crippen LogP contribution in [0.5, 0.6) is 0 Å². The van der Waals surface area contributed by atoms with Crippen LogP contribution in [0.2, 0.25) is 0 Å². The summed E-state index contributed by atoms with van der Waals surface area (Å²) in [4.78, 5) is 10.9. The molecule has 0 amide bonds. The molecular weight excluding hydrogens is 177 g/mol. The molecule has 0 spiro atoms. The van der Waals surface area contributed by atoms with Crippen LogP contribution in [0.4, 0.5) is 0 Å². The molecule has 0 saturated carbocycles. The normalized spacial score (nSPS) is 15.1. The average molecular weight is 193 g/mol. The highest BCUT2D eigenvalue weighted by Crippen LogP contribution is 2.29. The molecule has 0 bridgehead atoms. The maximum atomic E-state index is 10.9. The van der Waals surface area contributed by atoms with E-state index in [0.29, 0.717) is 5.92 Å². The molecule has 0 rings (SSSR count). The minimum absolute atomic E-state index is 0.589. The van der Waals surface area contributed by atoms with Gasteiger partial charge in [0, 0.05) is 6.26 Å². The molecule has 0 fully saturated rings. The molecule has 0 N–H and O–H groups in total. The fraction of sp³-hybridized carbons (Fsp3) is 1.00. The Hall–Kier alpha value is 0.410. The van der Waals surface area contributed by atoms with Crippen LogP contribution in [0.25, 0.3) is 0 Å². The maximum absolute atomic E-state index is 10.9. The minimum atomic E-state index is -1.33. The number of rotatable bonds is 5. The highest BCUT2D eigenvalue weighted by Gasteiger charge is 2.01. The van der Waals surface area contributed by atoms with Crippen LogP contribution in [-0.4, -0.2) is 12.8 Å². The zero-order chi connectivity index (χ0) is 8.69. The van der Waals surface area contributed by atoms with Crippen LogP contribution in [0.1, 0.15) is 26.7 Å². The van der Waals surface area contributed by atoms with Crippen LogP contribution in [0.15, 0.2) is 4.74 Å². The lowest BCUT2D eigenvalue weighted by molar-refractivity contribution is -0.149. The van der Waals surface area contributed by atoms with Crippen molar-refractivity contribution in [1.29, 1.82) is 0 Å². The molecule has 11 heavy (non-hydrogen) atoms. The van der Waals surface area contributed by atoms with Gasteiger partial charge in [0.05, 0.1) is 17.9 Å². The van der Waals surface area contributed by atoms with Crippen molar-refractivity contribution in [2.75, 3.05) is 12.8 Å². The Kier molecular flexibility index (Phi) is 7.34. The lowest BCUT2D eigenvalue weighted by Gasteiger charge is -2.02. The molecule has 0 aromatic rings. The summed E-state index contributed by atoms with van der Waals surface area (Å²) in [7, 11) is -1.33. The van der Waals surface area contributed by atoms with E-state index in [-0.39, 0.29) is 0 Å². The minimum Gasteiger partial charge on any atom is -0.601 e. The van der Waals surface area contributed by atoms with Crippen LogP contribution in [0, 0.1) is 5.92 Å². The monoisotopic (exact) mass is 193 g/mol. The van der Waals surface area contributed by atoms with Crippen molar-refractivity contribution in [3.05, 3.63) is 0 Å². The zero-order valence-electron chi connectivity index (χ0n) is 7.41. The predicted molar refractivity (Wildman–Crippen MR) is 51.8 cm³/mol. The standard InChI is InChI=1S/C7H16NOPS/c1-4-5-7(2)6-8-10(9)11-3/h7H,4-6H2,1-3H3. The van der Waals surface area contributed by atoms with Crippen molar-refractivity contribution in [2.45, 2.75) is 26.7 Å². The fourth-order valence-corrected chi connectivity index (χ4v) is 1.92. The molecule has 0 aliphatic carbocycles. The highest BCUT2D eigenvalue weighted by atomic mass is 32.7. The summed E-state index contributed by atoms with van der Waals surface area (Å²) in [6.45, 7) is 5.06. The number of hydrogen-bond acceptors (Lipinski definition) is 3. The van der Waals surface area contributed by atoms with Gasteiger partial charge in [0.1, 0.15) is 0 Å². The molecule has 2 nitrogen and oxygen atoms in total. The lowest BCUT2D eigenvalue weighted by atomic mass is 10.1. The summed E-state index contributed by atoms with van der Waals surface area (Å²) in [6, 6.07) is 0. The van der Waals surface area contributed by atoms with E-state index in [1.807, 2.05) is 6.26 Å². The van der Waals surface area contributed by atoms with E-state index in [2.05, 4.69) is 18.6 Å². The summed E-state index contributed by atoms with van der Waals surface area (Å²) < 4.78 is 4.03. The zero-order valence-corrected chi connectivity index (χ0v) is 9.12. The Morgan fingerprint density at radius 1 is 1.64 bits per heavy atom. The van der Waals surface area contributed by atoms with E-state index >= 15 is 0 Å². The van der Waals surface area contributed by atoms with Crippen LogP contribution >= 0.6 is 18.5 Å². The van der Waals surface area contributed by atoms with Gasteiger partial charge in [-0.15, -0.1) is 0 Å². The molecule has 0 saturated heterocycles. The highest BCUT2D eigenvalue weighted by molar-refractivity contribution is 8.49. The van der Waals surface area contributed by atoms with E-state index in [1.54, 1.807) is 0 Å². The number of hydrogen-bond donors (Lipinski definition) is 0. The molecule has 0 heterocycles. The topological polar surface area (TPSA) is 35.4 Å². The van der Waals surface area contributed by atoms with Crippen LogP contribution in [-0.2, 0) is 0 Å². The first-order valence-corrected chi connectivity index (χ1v) is 6.93. The third-order valence-corrected chi connectivity index (χ3v) is 3.44. The summed E-state index contributed by atoms with van der Waals surface area (Å²) in [5.74, 6) is 0.589.